The van der Waals surface area contributed by atoms with Gasteiger partial charge in [-0.1, -0.05) is 44.9 Å². The Morgan fingerprint density at radius 3 is 2.49 bits per heavy atom. The van der Waals surface area contributed by atoms with Crippen LogP contribution in [-0.2, 0) is 0 Å². The fourth-order valence-electron chi connectivity index (χ4n) is 8.98. The Bertz CT molecular complexity index is 1050. The number of nitrogens with one attached hydrogen (secondary N) is 1. The van der Waals surface area contributed by atoms with E-state index in [1.54, 1.807) is 0 Å². The van der Waals surface area contributed by atoms with Crippen molar-refractivity contribution in [1.29, 1.82) is 0 Å². The number of benzene rings is 2. The van der Waals surface area contributed by atoms with Crippen molar-refractivity contribution in [3.63, 3.8) is 0 Å². The van der Waals surface area contributed by atoms with Gasteiger partial charge >= 0.3 is 0 Å². The quantitative estimate of drug-likeness (QED) is 0.489. The predicted octanol–water partition coefficient (Wildman–Crippen LogP) is 8.12. The van der Waals surface area contributed by atoms with Crippen molar-refractivity contribution in [1.82, 2.24) is 0 Å². The predicted molar refractivity (Wildman–Crippen MR) is 142 cm³/mol. The van der Waals surface area contributed by atoms with Gasteiger partial charge < -0.3 is 10.1 Å². The van der Waals surface area contributed by atoms with Gasteiger partial charge in [-0.15, -0.1) is 0 Å². The zero-order chi connectivity index (χ0) is 24.0. The van der Waals surface area contributed by atoms with Gasteiger partial charge in [0.05, 0.1) is 6.10 Å². The number of rotatable bonds is 4. The van der Waals surface area contributed by atoms with Crippen LogP contribution in [0.25, 0.3) is 0 Å². The fraction of sp³-hybridized carbons (Fsp3) is 0.594. The van der Waals surface area contributed by atoms with Crippen LogP contribution in [0.1, 0.15) is 88.4 Å². The molecule has 4 aliphatic rings. The maximum absolute atomic E-state index is 12.4. The van der Waals surface area contributed by atoms with Crippen LogP contribution in [0.3, 0.4) is 0 Å². The lowest BCUT2D eigenvalue weighted by molar-refractivity contribution is -0.103. The zero-order valence-corrected chi connectivity index (χ0v) is 21.5. The standard InChI is InChI=1S/C32H41NO2/c1-31-19-17-28-27(16-11-23-10-6-7-18-32(23,28)2)29(31)20-26(21-31)35-25-14-12-24(13-15-25)33-30(34)22-8-4-3-5-9-22/h3-5,8-9,12-15,23,26-29H,6-7,10-11,16-21H2,1-2H3,(H,33,34)/t23?,26?,27-,28-,29+,31-,32+/m1/s1. The summed E-state index contributed by atoms with van der Waals surface area (Å²) in [6, 6.07) is 17.3. The van der Waals surface area contributed by atoms with Gasteiger partial charge in [-0.2, -0.15) is 0 Å². The van der Waals surface area contributed by atoms with E-state index < -0.39 is 0 Å². The smallest absolute Gasteiger partial charge is 0.255 e. The van der Waals surface area contributed by atoms with Gasteiger partial charge in [-0.3, -0.25) is 4.79 Å². The van der Waals surface area contributed by atoms with Crippen molar-refractivity contribution < 1.29 is 9.53 Å². The molecule has 2 aromatic carbocycles. The van der Waals surface area contributed by atoms with Crippen LogP contribution < -0.4 is 10.1 Å². The molecule has 1 N–H and O–H groups in total. The van der Waals surface area contributed by atoms with Crippen LogP contribution in [-0.4, -0.2) is 12.0 Å². The molecule has 4 aliphatic carbocycles. The molecule has 2 aromatic rings. The van der Waals surface area contributed by atoms with Gasteiger partial charge in [0.25, 0.3) is 5.91 Å². The molecule has 2 unspecified atom stereocenters. The Labute approximate surface area is 211 Å². The molecule has 0 heterocycles. The van der Waals surface area contributed by atoms with E-state index in [4.69, 9.17) is 4.74 Å². The van der Waals surface area contributed by atoms with Crippen LogP contribution in [0.15, 0.2) is 54.6 Å². The second-order valence-corrected chi connectivity index (χ2v) is 12.6. The Balaban J connectivity index is 1.11. The average molecular weight is 472 g/mol. The molecule has 0 bridgehead atoms. The fourth-order valence-corrected chi connectivity index (χ4v) is 8.98. The number of anilines is 1. The van der Waals surface area contributed by atoms with E-state index in [9.17, 15) is 4.79 Å². The Morgan fingerprint density at radius 2 is 1.69 bits per heavy atom. The number of fused-ring (bicyclic) bond motifs is 5. The zero-order valence-electron chi connectivity index (χ0n) is 21.5. The van der Waals surface area contributed by atoms with Gasteiger partial charge in [0.2, 0.25) is 0 Å². The van der Waals surface area contributed by atoms with Crippen molar-refractivity contribution in [2.24, 2.45) is 34.5 Å². The van der Waals surface area contributed by atoms with Gasteiger partial charge in [-0.25, -0.2) is 0 Å². The van der Waals surface area contributed by atoms with E-state index in [-0.39, 0.29) is 5.91 Å². The molecule has 6 rings (SSSR count). The van der Waals surface area contributed by atoms with Gasteiger partial charge in [0.15, 0.2) is 0 Å². The van der Waals surface area contributed by atoms with Gasteiger partial charge in [0, 0.05) is 11.3 Å². The highest BCUT2D eigenvalue weighted by Crippen LogP contribution is 2.66. The van der Waals surface area contributed by atoms with Gasteiger partial charge in [0.1, 0.15) is 5.75 Å². The summed E-state index contributed by atoms with van der Waals surface area (Å²) in [5, 5.41) is 2.99. The molecule has 0 spiro atoms. The monoisotopic (exact) mass is 471 g/mol. The molecule has 0 aliphatic heterocycles. The van der Waals surface area contributed by atoms with Crippen molar-refractivity contribution in [2.45, 2.75) is 84.2 Å². The normalized spacial score (nSPS) is 38.1. The summed E-state index contributed by atoms with van der Waals surface area (Å²) in [5.74, 6) is 4.48. The van der Waals surface area contributed by atoms with E-state index in [0.717, 1.165) is 35.1 Å². The van der Waals surface area contributed by atoms with Crippen LogP contribution in [0, 0.1) is 34.5 Å². The highest BCUT2D eigenvalue weighted by Gasteiger charge is 2.59. The summed E-state index contributed by atoms with van der Waals surface area (Å²) >= 11 is 0. The molecule has 186 valence electrons. The first-order chi connectivity index (χ1) is 16.9. The molecule has 0 aromatic heterocycles. The summed E-state index contributed by atoms with van der Waals surface area (Å²) < 4.78 is 6.58. The van der Waals surface area contributed by atoms with Crippen molar-refractivity contribution >= 4 is 11.6 Å². The SMILES string of the molecule is C[C@]12CC[C@@H]3[C@@H](CCC4CCCC[C@@]43C)[C@@H]1CC(Oc1ccc(NC(=O)c3ccccc3)cc1)C2. The van der Waals surface area contributed by atoms with E-state index in [0.29, 0.717) is 22.5 Å². The minimum atomic E-state index is -0.0806. The maximum atomic E-state index is 12.4. The largest absolute Gasteiger partial charge is 0.490 e. The summed E-state index contributed by atoms with van der Waals surface area (Å²) in [6.07, 6.45) is 14.3. The third kappa shape index (κ3) is 4.19. The highest BCUT2D eigenvalue weighted by molar-refractivity contribution is 6.04. The topological polar surface area (TPSA) is 38.3 Å². The van der Waals surface area contributed by atoms with Crippen molar-refractivity contribution in [3.8, 4) is 5.75 Å². The second kappa shape index (κ2) is 8.98. The van der Waals surface area contributed by atoms with Crippen LogP contribution in [0.4, 0.5) is 5.69 Å². The first-order valence-electron chi connectivity index (χ1n) is 14.1. The molecule has 3 heteroatoms. The summed E-state index contributed by atoms with van der Waals surface area (Å²) in [4.78, 5) is 12.4. The second-order valence-electron chi connectivity index (χ2n) is 12.6. The number of hydrogen-bond acceptors (Lipinski definition) is 2. The Kier molecular flexibility index (Phi) is 5.93. The lowest BCUT2D eigenvalue weighted by atomic mass is 9.45. The first-order valence-corrected chi connectivity index (χ1v) is 14.1. The molecular formula is C32H41NO2. The first kappa shape index (κ1) is 23.1. The molecule has 35 heavy (non-hydrogen) atoms. The lowest BCUT2D eigenvalue weighted by Gasteiger charge is -2.59. The molecule has 1 amide bonds. The molecule has 3 nitrogen and oxygen atoms in total. The third-order valence-electron chi connectivity index (χ3n) is 10.8. The van der Waals surface area contributed by atoms with Gasteiger partial charge in [-0.05, 0) is 122 Å². The number of amides is 1. The minimum Gasteiger partial charge on any atom is -0.490 e. The number of ether oxygens (including phenoxy) is 1. The highest BCUT2D eigenvalue weighted by atomic mass is 16.5. The minimum absolute atomic E-state index is 0.0806. The van der Waals surface area contributed by atoms with Crippen molar-refractivity contribution in [2.75, 3.05) is 5.32 Å². The summed E-state index contributed by atoms with van der Waals surface area (Å²) in [5.41, 5.74) is 2.51. The molecule has 4 saturated carbocycles. The van der Waals surface area contributed by atoms with E-state index in [2.05, 4.69) is 19.2 Å². The number of carbonyl (C=O) groups excluding carboxylic acids is 1. The summed E-state index contributed by atoms with van der Waals surface area (Å²) in [7, 11) is 0. The molecular weight excluding hydrogens is 430 g/mol. The number of hydrogen-bond donors (Lipinski definition) is 1. The van der Waals surface area contributed by atoms with E-state index in [1.165, 1.54) is 64.2 Å². The molecule has 7 atom stereocenters. The van der Waals surface area contributed by atoms with Crippen LogP contribution in [0.5, 0.6) is 5.75 Å². The molecule has 0 radical (unpaired) electrons. The Hall–Kier alpha value is -2.29. The lowest BCUT2D eigenvalue weighted by Crippen LogP contribution is -2.51. The average Bonchev–Trinajstić information content (AvgIpc) is 3.21. The van der Waals surface area contributed by atoms with Crippen molar-refractivity contribution in [3.05, 3.63) is 60.2 Å². The molecule has 4 fully saturated rings. The summed E-state index contributed by atoms with van der Waals surface area (Å²) in [6.45, 7) is 5.23. The third-order valence-corrected chi connectivity index (χ3v) is 10.8. The van der Waals surface area contributed by atoms with Crippen LogP contribution >= 0.6 is 0 Å². The van der Waals surface area contributed by atoms with E-state index >= 15 is 0 Å². The molecule has 0 saturated heterocycles. The van der Waals surface area contributed by atoms with E-state index in [1.807, 2.05) is 54.6 Å². The number of carbonyl (C=O) groups is 1. The van der Waals surface area contributed by atoms with Crippen LogP contribution in [0.2, 0.25) is 0 Å². The maximum Gasteiger partial charge on any atom is 0.255 e. The Morgan fingerprint density at radius 1 is 0.886 bits per heavy atom.